The minimum atomic E-state index is -0.565. The Balaban J connectivity index is 1.77. The van der Waals surface area contributed by atoms with Gasteiger partial charge >= 0.3 is 0 Å². The van der Waals surface area contributed by atoms with Gasteiger partial charge in [0.25, 0.3) is 11.1 Å². The van der Waals surface area contributed by atoms with E-state index >= 15 is 0 Å². The van der Waals surface area contributed by atoms with Crippen molar-refractivity contribution in [2.45, 2.75) is 6.92 Å². The van der Waals surface area contributed by atoms with Crippen molar-refractivity contribution in [3.05, 3.63) is 55.8 Å². The van der Waals surface area contributed by atoms with Crippen molar-refractivity contribution in [3.8, 4) is 11.5 Å². The fraction of sp³-hybridized carbons (Fsp3) is 0.150. The number of thioether (sulfide) groups is 1. The van der Waals surface area contributed by atoms with Crippen molar-refractivity contribution in [2.24, 2.45) is 0 Å². The molecule has 0 spiro atoms. The van der Waals surface area contributed by atoms with Crippen LogP contribution in [0.15, 0.2) is 50.2 Å². The van der Waals surface area contributed by atoms with Crippen LogP contribution >= 0.6 is 43.6 Å². The number of ether oxygens (including phenoxy) is 1. The molecule has 0 unspecified atom stereocenters. The summed E-state index contributed by atoms with van der Waals surface area (Å²) in [6, 6.07) is 10.1. The number of nitrogens with one attached hydrogen (secondary N) is 1. The van der Waals surface area contributed by atoms with E-state index in [-0.39, 0.29) is 16.4 Å². The number of imide groups is 1. The van der Waals surface area contributed by atoms with Gasteiger partial charge in [-0.1, -0.05) is 28.1 Å². The maximum Gasteiger partial charge on any atom is 0.294 e. The second-order valence-electron chi connectivity index (χ2n) is 6.07. The number of anilines is 1. The molecule has 3 rings (SSSR count). The number of para-hydroxylation sites is 1. The Labute approximate surface area is 193 Å². The number of benzene rings is 2. The Hall–Kier alpha value is -2.30. The summed E-state index contributed by atoms with van der Waals surface area (Å²) in [4.78, 5) is 38.4. The van der Waals surface area contributed by atoms with Gasteiger partial charge in [-0.05, 0) is 70.5 Å². The lowest BCUT2D eigenvalue weighted by molar-refractivity contribution is -0.127. The highest BCUT2D eigenvalue weighted by molar-refractivity contribution is 9.11. The van der Waals surface area contributed by atoms with Crippen molar-refractivity contribution < 1.29 is 24.2 Å². The second-order valence-corrected chi connectivity index (χ2v) is 8.77. The molecule has 0 bridgehead atoms. The normalized spacial score (nSPS) is 15.0. The smallest absolute Gasteiger partial charge is 0.294 e. The van der Waals surface area contributed by atoms with Gasteiger partial charge in [0.15, 0.2) is 11.5 Å². The zero-order valence-corrected chi connectivity index (χ0v) is 19.6. The predicted octanol–water partition coefficient (Wildman–Crippen LogP) is 4.99. The van der Waals surface area contributed by atoms with E-state index in [1.165, 1.54) is 12.1 Å². The van der Waals surface area contributed by atoms with Crippen LogP contribution in [0.1, 0.15) is 12.5 Å². The highest BCUT2D eigenvalue weighted by Crippen LogP contribution is 2.37. The van der Waals surface area contributed by atoms with Crippen LogP contribution in [0.4, 0.5) is 10.5 Å². The zero-order valence-electron chi connectivity index (χ0n) is 15.6. The van der Waals surface area contributed by atoms with Crippen LogP contribution in [0.2, 0.25) is 0 Å². The molecule has 30 heavy (non-hydrogen) atoms. The molecule has 0 saturated carbocycles. The van der Waals surface area contributed by atoms with Gasteiger partial charge in [-0.3, -0.25) is 19.3 Å². The van der Waals surface area contributed by atoms with Gasteiger partial charge in [-0.15, -0.1) is 0 Å². The van der Waals surface area contributed by atoms with Crippen LogP contribution in [0.3, 0.4) is 0 Å². The van der Waals surface area contributed by atoms with E-state index < -0.39 is 23.6 Å². The predicted molar refractivity (Wildman–Crippen MR) is 122 cm³/mol. The molecule has 1 heterocycles. The highest BCUT2D eigenvalue weighted by Gasteiger charge is 2.36. The zero-order chi connectivity index (χ0) is 21.8. The van der Waals surface area contributed by atoms with Gasteiger partial charge in [0.05, 0.1) is 17.2 Å². The number of hydrogen-bond donors (Lipinski definition) is 2. The molecule has 0 aromatic heterocycles. The first-order chi connectivity index (χ1) is 14.3. The lowest BCUT2D eigenvalue weighted by atomic mass is 10.2. The number of aromatic hydroxyl groups is 1. The number of nitrogens with zero attached hydrogens (tertiary/aromatic N) is 1. The van der Waals surface area contributed by atoms with Gasteiger partial charge in [-0.2, -0.15) is 0 Å². The molecule has 2 N–H and O–H groups in total. The van der Waals surface area contributed by atoms with E-state index in [9.17, 15) is 19.5 Å². The standard InChI is InChI=1S/C20H16Br2N2O5S/c1-2-29-16-7-11(13(22)9-15(16)25)8-17-19(27)24(20(28)30-17)10-18(26)23-14-6-4-3-5-12(14)21/h3-9,25H,2,10H2,1H3,(H,23,26)/b17-8-. The molecule has 1 fully saturated rings. The number of phenols is 1. The summed E-state index contributed by atoms with van der Waals surface area (Å²) in [6.45, 7) is 1.74. The van der Waals surface area contributed by atoms with Crippen LogP contribution in [-0.2, 0) is 9.59 Å². The molecule has 0 atom stereocenters. The fourth-order valence-corrected chi connectivity index (χ4v) is 4.27. The monoisotopic (exact) mass is 554 g/mol. The quantitative estimate of drug-likeness (QED) is 0.487. The van der Waals surface area contributed by atoms with Gasteiger partial charge in [-0.25, -0.2) is 0 Å². The maximum absolute atomic E-state index is 12.7. The minimum absolute atomic E-state index is 0.0438. The average Bonchev–Trinajstić information content (AvgIpc) is 2.95. The number of amides is 3. The lowest BCUT2D eigenvalue weighted by Crippen LogP contribution is -2.36. The number of halogens is 2. The van der Waals surface area contributed by atoms with Gasteiger partial charge in [0.1, 0.15) is 6.54 Å². The summed E-state index contributed by atoms with van der Waals surface area (Å²) in [5.74, 6) is -0.836. The van der Waals surface area contributed by atoms with Crippen LogP contribution in [0.25, 0.3) is 6.08 Å². The summed E-state index contributed by atoms with van der Waals surface area (Å²) >= 11 is 7.40. The molecular formula is C20H16Br2N2O5S. The number of hydrogen-bond acceptors (Lipinski definition) is 6. The van der Waals surface area contributed by atoms with Crippen LogP contribution in [0, 0.1) is 0 Å². The topological polar surface area (TPSA) is 95.9 Å². The van der Waals surface area contributed by atoms with E-state index in [1.807, 2.05) is 0 Å². The second kappa shape index (κ2) is 9.67. The van der Waals surface area contributed by atoms with Crippen LogP contribution in [-0.4, -0.2) is 40.2 Å². The molecule has 7 nitrogen and oxygen atoms in total. The third-order valence-electron chi connectivity index (χ3n) is 3.99. The molecule has 1 aliphatic rings. The largest absolute Gasteiger partial charge is 0.504 e. The molecule has 0 aliphatic carbocycles. The number of phenolic OH excluding ortho intramolecular Hbond substituents is 1. The highest BCUT2D eigenvalue weighted by atomic mass is 79.9. The maximum atomic E-state index is 12.7. The number of carbonyl (C=O) groups is 3. The van der Waals surface area contributed by atoms with Gasteiger partial charge in [0, 0.05) is 8.95 Å². The first-order valence-corrected chi connectivity index (χ1v) is 11.2. The summed E-state index contributed by atoms with van der Waals surface area (Å²) in [5.41, 5.74) is 1.10. The van der Waals surface area contributed by atoms with Crippen LogP contribution in [0.5, 0.6) is 11.5 Å². The Morgan fingerprint density at radius 1 is 1.23 bits per heavy atom. The molecule has 1 saturated heterocycles. The average molecular weight is 556 g/mol. The summed E-state index contributed by atoms with van der Waals surface area (Å²) in [5, 5.41) is 12.1. The van der Waals surface area contributed by atoms with Crippen molar-refractivity contribution in [3.63, 3.8) is 0 Å². The van der Waals surface area contributed by atoms with Gasteiger partial charge < -0.3 is 15.2 Å². The molecule has 1 aliphatic heterocycles. The van der Waals surface area contributed by atoms with Crippen molar-refractivity contribution in [2.75, 3.05) is 18.5 Å². The van der Waals surface area contributed by atoms with E-state index in [2.05, 4.69) is 37.2 Å². The molecule has 156 valence electrons. The Bertz CT molecular complexity index is 1060. The van der Waals surface area contributed by atoms with Gasteiger partial charge in [0.2, 0.25) is 5.91 Å². The molecule has 2 aromatic rings. The minimum Gasteiger partial charge on any atom is -0.504 e. The van der Waals surface area contributed by atoms with E-state index in [4.69, 9.17) is 4.74 Å². The SMILES string of the molecule is CCOc1cc(/C=C2\SC(=O)N(CC(=O)Nc3ccccc3Br)C2=O)c(Br)cc1O. The Kier molecular flexibility index (Phi) is 7.22. The number of carbonyl (C=O) groups excluding carboxylic acids is 3. The molecule has 10 heteroatoms. The van der Waals surface area contributed by atoms with E-state index in [0.29, 0.717) is 26.8 Å². The first kappa shape index (κ1) is 22.4. The third-order valence-corrected chi connectivity index (χ3v) is 6.27. The molecule has 0 radical (unpaired) electrons. The van der Waals surface area contributed by atoms with Crippen molar-refractivity contribution in [1.82, 2.24) is 4.90 Å². The Morgan fingerprint density at radius 3 is 2.67 bits per heavy atom. The summed E-state index contributed by atoms with van der Waals surface area (Å²) in [7, 11) is 0. The van der Waals surface area contributed by atoms with E-state index in [1.54, 1.807) is 37.3 Å². The molecule has 3 amide bonds. The van der Waals surface area contributed by atoms with Crippen molar-refractivity contribution >= 4 is 72.4 Å². The Morgan fingerprint density at radius 2 is 1.97 bits per heavy atom. The number of rotatable bonds is 6. The summed E-state index contributed by atoms with van der Waals surface area (Å²) in [6.07, 6.45) is 1.52. The fourth-order valence-electron chi connectivity index (χ4n) is 2.61. The summed E-state index contributed by atoms with van der Waals surface area (Å²) < 4.78 is 6.58. The van der Waals surface area contributed by atoms with Crippen molar-refractivity contribution in [1.29, 1.82) is 0 Å². The third kappa shape index (κ3) is 5.05. The molecular weight excluding hydrogens is 540 g/mol. The van der Waals surface area contributed by atoms with E-state index in [0.717, 1.165) is 16.7 Å². The van der Waals surface area contributed by atoms with Crippen LogP contribution < -0.4 is 10.1 Å². The lowest BCUT2D eigenvalue weighted by Gasteiger charge is -2.13. The molecule has 2 aromatic carbocycles. The first-order valence-electron chi connectivity index (χ1n) is 8.75.